The monoisotopic (exact) mass is 265 g/mol. The molecule has 1 saturated carbocycles. The Kier molecular flexibility index (Phi) is 4.49. The van der Waals surface area contributed by atoms with E-state index in [0.29, 0.717) is 6.04 Å². The third kappa shape index (κ3) is 3.49. The third-order valence-electron chi connectivity index (χ3n) is 4.36. The minimum atomic E-state index is 0.430. The summed E-state index contributed by atoms with van der Waals surface area (Å²) in [6, 6.07) is 22.1. The minimum absolute atomic E-state index is 0.430. The molecule has 1 heteroatoms. The standard InChI is InChI=1S/C19H23N/c1-3-8-16(9-4-1)14-19(18-12-5-2-6-13-18)20-15-17-10-7-11-17/h1-6,8-9,12-13,17,19-20H,7,10-11,14-15H2. The summed E-state index contributed by atoms with van der Waals surface area (Å²) >= 11 is 0. The molecule has 1 aliphatic rings. The van der Waals surface area contributed by atoms with Gasteiger partial charge in [0.15, 0.2) is 0 Å². The summed E-state index contributed by atoms with van der Waals surface area (Å²) in [5, 5.41) is 3.79. The van der Waals surface area contributed by atoms with E-state index in [0.717, 1.165) is 18.9 Å². The van der Waals surface area contributed by atoms with Gasteiger partial charge in [-0.2, -0.15) is 0 Å². The molecule has 0 heterocycles. The SMILES string of the molecule is c1ccc(CC(NCC2CCC2)c2ccccc2)cc1. The molecule has 2 aromatic rings. The Bertz CT molecular complexity index is 502. The fourth-order valence-electron chi connectivity index (χ4n) is 2.85. The van der Waals surface area contributed by atoms with E-state index >= 15 is 0 Å². The van der Waals surface area contributed by atoms with Gasteiger partial charge in [0, 0.05) is 6.04 Å². The predicted molar refractivity (Wildman–Crippen MR) is 84.7 cm³/mol. The third-order valence-corrected chi connectivity index (χ3v) is 4.36. The van der Waals surface area contributed by atoms with Crippen LogP contribution in [0.2, 0.25) is 0 Å². The van der Waals surface area contributed by atoms with Crippen LogP contribution in [0.1, 0.15) is 36.4 Å². The van der Waals surface area contributed by atoms with Crippen molar-refractivity contribution in [1.29, 1.82) is 0 Å². The maximum absolute atomic E-state index is 3.79. The second-order valence-electron chi connectivity index (χ2n) is 5.86. The van der Waals surface area contributed by atoms with Crippen molar-refractivity contribution in [3.63, 3.8) is 0 Å². The first kappa shape index (κ1) is 13.4. The Morgan fingerprint density at radius 3 is 2.15 bits per heavy atom. The Labute approximate surface area is 122 Å². The van der Waals surface area contributed by atoms with Crippen LogP contribution >= 0.6 is 0 Å². The molecule has 104 valence electrons. The first-order chi connectivity index (χ1) is 9.92. The molecule has 0 amide bonds. The minimum Gasteiger partial charge on any atom is -0.309 e. The average Bonchev–Trinajstić information content (AvgIpc) is 2.46. The van der Waals surface area contributed by atoms with Gasteiger partial charge in [-0.1, -0.05) is 67.1 Å². The van der Waals surface area contributed by atoms with Crippen LogP contribution in [0.3, 0.4) is 0 Å². The van der Waals surface area contributed by atoms with Gasteiger partial charge in [-0.15, -0.1) is 0 Å². The van der Waals surface area contributed by atoms with Crippen LogP contribution in [0.4, 0.5) is 0 Å². The maximum atomic E-state index is 3.79. The highest BCUT2D eigenvalue weighted by Crippen LogP contribution is 2.27. The summed E-state index contributed by atoms with van der Waals surface area (Å²) in [6.07, 6.45) is 5.29. The second kappa shape index (κ2) is 6.71. The summed E-state index contributed by atoms with van der Waals surface area (Å²) in [6.45, 7) is 1.16. The molecule has 2 aromatic carbocycles. The Hall–Kier alpha value is -1.60. The number of hydrogen-bond acceptors (Lipinski definition) is 1. The topological polar surface area (TPSA) is 12.0 Å². The van der Waals surface area contributed by atoms with E-state index in [4.69, 9.17) is 0 Å². The summed E-state index contributed by atoms with van der Waals surface area (Å²) in [5.41, 5.74) is 2.80. The fraction of sp³-hybridized carbons (Fsp3) is 0.368. The number of nitrogens with one attached hydrogen (secondary N) is 1. The molecular formula is C19H23N. The van der Waals surface area contributed by atoms with Crippen molar-refractivity contribution < 1.29 is 0 Å². The zero-order chi connectivity index (χ0) is 13.6. The van der Waals surface area contributed by atoms with Gasteiger partial charge >= 0.3 is 0 Å². The second-order valence-corrected chi connectivity index (χ2v) is 5.86. The molecule has 1 N–H and O–H groups in total. The molecule has 0 aromatic heterocycles. The molecule has 1 nitrogen and oxygen atoms in total. The van der Waals surface area contributed by atoms with Crippen molar-refractivity contribution >= 4 is 0 Å². The van der Waals surface area contributed by atoms with Gasteiger partial charge < -0.3 is 5.32 Å². The van der Waals surface area contributed by atoms with Gasteiger partial charge in [-0.05, 0) is 42.9 Å². The highest BCUT2D eigenvalue weighted by atomic mass is 14.9. The lowest BCUT2D eigenvalue weighted by molar-refractivity contribution is 0.289. The van der Waals surface area contributed by atoms with Crippen molar-refractivity contribution in [2.45, 2.75) is 31.7 Å². The van der Waals surface area contributed by atoms with Gasteiger partial charge in [0.25, 0.3) is 0 Å². The lowest BCUT2D eigenvalue weighted by atomic mass is 9.85. The number of hydrogen-bond donors (Lipinski definition) is 1. The molecule has 20 heavy (non-hydrogen) atoms. The molecule has 1 aliphatic carbocycles. The molecule has 0 aliphatic heterocycles. The molecule has 0 saturated heterocycles. The zero-order valence-corrected chi connectivity index (χ0v) is 12.0. The Morgan fingerprint density at radius 1 is 0.900 bits per heavy atom. The molecule has 3 rings (SSSR count). The van der Waals surface area contributed by atoms with Crippen molar-refractivity contribution in [1.82, 2.24) is 5.32 Å². The van der Waals surface area contributed by atoms with Crippen LogP contribution in [-0.2, 0) is 6.42 Å². The van der Waals surface area contributed by atoms with Crippen LogP contribution in [-0.4, -0.2) is 6.54 Å². The zero-order valence-electron chi connectivity index (χ0n) is 12.0. The van der Waals surface area contributed by atoms with E-state index in [9.17, 15) is 0 Å². The molecule has 1 unspecified atom stereocenters. The lowest BCUT2D eigenvalue weighted by Crippen LogP contribution is -2.31. The Morgan fingerprint density at radius 2 is 1.55 bits per heavy atom. The van der Waals surface area contributed by atoms with Gasteiger partial charge in [-0.25, -0.2) is 0 Å². The molecule has 0 bridgehead atoms. The van der Waals surface area contributed by atoms with Crippen LogP contribution in [0.15, 0.2) is 60.7 Å². The first-order valence-corrected chi connectivity index (χ1v) is 7.74. The Balaban J connectivity index is 1.69. The van der Waals surface area contributed by atoms with E-state index in [1.807, 2.05) is 0 Å². The van der Waals surface area contributed by atoms with Crippen molar-refractivity contribution in [3.8, 4) is 0 Å². The molecule has 1 atom stereocenters. The summed E-state index contributed by atoms with van der Waals surface area (Å²) in [7, 11) is 0. The fourth-order valence-corrected chi connectivity index (χ4v) is 2.85. The van der Waals surface area contributed by atoms with Gasteiger partial charge in [0.2, 0.25) is 0 Å². The van der Waals surface area contributed by atoms with Crippen molar-refractivity contribution in [2.24, 2.45) is 5.92 Å². The smallest absolute Gasteiger partial charge is 0.0360 e. The predicted octanol–water partition coefficient (Wildman–Crippen LogP) is 4.36. The van der Waals surface area contributed by atoms with E-state index in [-0.39, 0.29) is 0 Å². The summed E-state index contributed by atoms with van der Waals surface area (Å²) in [5.74, 6) is 0.900. The largest absolute Gasteiger partial charge is 0.309 e. The van der Waals surface area contributed by atoms with Crippen LogP contribution in [0.5, 0.6) is 0 Å². The van der Waals surface area contributed by atoms with Crippen LogP contribution in [0, 0.1) is 5.92 Å². The van der Waals surface area contributed by atoms with E-state index in [1.54, 1.807) is 0 Å². The summed E-state index contributed by atoms with van der Waals surface area (Å²) < 4.78 is 0. The van der Waals surface area contributed by atoms with E-state index < -0.39 is 0 Å². The highest BCUT2D eigenvalue weighted by Gasteiger charge is 2.19. The summed E-state index contributed by atoms with van der Waals surface area (Å²) in [4.78, 5) is 0. The number of benzene rings is 2. The lowest BCUT2D eigenvalue weighted by Gasteiger charge is -2.28. The van der Waals surface area contributed by atoms with E-state index in [2.05, 4.69) is 66.0 Å². The van der Waals surface area contributed by atoms with Crippen molar-refractivity contribution in [3.05, 3.63) is 71.8 Å². The molecular weight excluding hydrogens is 242 g/mol. The van der Waals surface area contributed by atoms with Gasteiger partial charge in [-0.3, -0.25) is 0 Å². The van der Waals surface area contributed by atoms with Crippen LogP contribution in [0.25, 0.3) is 0 Å². The first-order valence-electron chi connectivity index (χ1n) is 7.74. The number of rotatable bonds is 6. The van der Waals surface area contributed by atoms with Crippen LogP contribution < -0.4 is 5.32 Å². The quantitative estimate of drug-likeness (QED) is 0.818. The molecule has 0 spiro atoms. The maximum Gasteiger partial charge on any atom is 0.0360 e. The molecule has 1 fully saturated rings. The average molecular weight is 265 g/mol. The van der Waals surface area contributed by atoms with Gasteiger partial charge in [0.05, 0.1) is 0 Å². The van der Waals surface area contributed by atoms with Crippen molar-refractivity contribution in [2.75, 3.05) is 6.54 Å². The highest BCUT2D eigenvalue weighted by molar-refractivity contribution is 5.23. The van der Waals surface area contributed by atoms with E-state index in [1.165, 1.54) is 30.4 Å². The molecule has 0 radical (unpaired) electrons. The normalized spacial score (nSPS) is 16.6. The van der Waals surface area contributed by atoms with Gasteiger partial charge in [0.1, 0.15) is 0 Å².